The van der Waals surface area contributed by atoms with Crippen molar-refractivity contribution in [2.45, 2.75) is 12.5 Å². The second kappa shape index (κ2) is 6.85. The van der Waals surface area contributed by atoms with Gasteiger partial charge in [0.25, 0.3) is 0 Å². The second-order valence-corrected chi connectivity index (χ2v) is 5.74. The summed E-state index contributed by atoms with van der Waals surface area (Å²) in [5, 5.41) is 4.02. The molecule has 0 aromatic heterocycles. The van der Waals surface area contributed by atoms with Gasteiger partial charge < -0.3 is 5.32 Å². The topological polar surface area (TPSA) is 15.3 Å². The number of hydrogen-bond donors (Lipinski definition) is 1. The Morgan fingerprint density at radius 3 is 2.72 bits per heavy atom. The van der Waals surface area contributed by atoms with Crippen LogP contribution in [0.1, 0.15) is 18.0 Å². The summed E-state index contributed by atoms with van der Waals surface area (Å²) in [6.07, 6.45) is 0.528. The SMILES string of the molecule is FCC[C@@H](c1ccc(Cl)cc1Br)N1CCNCC1. The molecule has 1 aromatic rings. The van der Waals surface area contributed by atoms with Crippen molar-refractivity contribution in [3.05, 3.63) is 33.3 Å². The Morgan fingerprint density at radius 2 is 2.11 bits per heavy atom. The van der Waals surface area contributed by atoms with E-state index in [0.717, 1.165) is 36.2 Å². The predicted octanol–water partition coefficient (Wildman–Crippen LogP) is 3.41. The van der Waals surface area contributed by atoms with Crippen LogP contribution in [0.4, 0.5) is 4.39 Å². The van der Waals surface area contributed by atoms with Gasteiger partial charge >= 0.3 is 0 Å². The summed E-state index contributed by atoms with van der Waals surface area (Å²) in [7, 11) is 0. The Kier molecular flexibility index (Phi) is 5.42. The van der Waals surface area contributed by atoms with Crippen molar-refractivity contribution >= 4 is 27.5 Å². The minimum Gasteiger partial charge on any atom is -0.314 e. The Labute approximate surface area is 121 Å². The largest absolute Gasteiger partial charge is 0.314 e. The van der Waals surface area contributed by atoms with E-state index in [4.69, 9.17) is 11.6 Å². The van der Waals surface area contributed by atoms with Crippen molar-refractivity contribution in [3.63, 3.8) is 0 Å². The van der Waals surface area contributed by atoms with Gasteiger partial charge in [0.2, 0.25) is 0 Å². The second-order valence-electron chi connectivity index (χ2n) is 4.45. The molecule has 1 atom stereocenters. The summed E-state index contributed by atoms with van der Waals surface area (Å²) in [6.45, 7) is 3.55. The third-order valence-corrected chi connectivity index (χ3v) is 4.22. The van der Waals surface area contributed by atoms with Gasteiger partial charge in [-0.2, -0.15) is 0 Å². The van der Waals surface area contributed by atoms with Gasteiger partial charge in [0.05, 0.1) is 6.67 Å². The fourth-order valence-corrected chi connectivity index (χ4v) is 3.35. The van der Waals surface area contributed by atoms with Crippen molar-refractivity contribution in [1.82, 2.24) is 10.2 Å². The van der Waals surface area contributed by atoms with E-state index in [9.17, 15) is 4.39 Å². The van der Waals surface area contributed by atoms with E-state index in [0.29, 0.717) is 11.4 Å². The van der Waals surface area contributed by atoms with Crippen LogP contribution in [0.15, 0.2) is 22.7 Å². The molecule has 0 spiro atoms. The number of alkyl halides is 1. The molecule has 18 heavy (non-hydrogen) atoms. The lowest BCUT2D eigenvalue weighted by atomic mass is 10.0. The molecule has 0 amide bonds. The molecule has 1 aliphatic rings. The van der Waals surface area contributed by atoms with E-state index < -0.39 is 0 Å². The lowest BCUT2D eigenvalue weighted by Crippen LogP contribution is -2.45. The summed E-state index contributed by atoms with van der Waals surface area (Å²) in [4.78, 5) is 2.34. The van der Waals surface area contributed by atoms with E-state index in [2.05, 4.69) is 26.1 Å². The maximum atomic E-state index is 12.8. The van der Waals surface area contributed by atoms with E-state index >= 15 is 0 Å². The predicted molar refractivity (Wildman–Crippen MR) is 76.9 cm³/mol. The Balaban J connectivity index is 2.22. The first-order valence-corrected chi connectivity index (χ1v) is 7.35. The fourth-order valence-electron chi connectivity index (χ4n) is 2.40. The van der Waals surface area contributed by atoms with Crippen LogP contribution in [0.5, 0.6) is 0 Å². The number of hydrogen-bond acceptors (Lipinski definition) is 2. The molecule has 1 aromatic carbocycles. The zero-order valence-electron chi connectivity index (χ0n) is 10.1. The third-order valence-electron chi connectivity index (χ3n) is 3.30. The van der Waals surface area contributed by atoms with Crippen molar-refractivity contribution in [1.29, 1.82) is 0 Å². The lowest BCUT2D eigenvalue weighted by molar-refractivity contribution is 0.157. The molecule has 0 aliphatic carbocycles. The van der Waals surface area contributed by atoms with E-state index in [1.807, 2.05) is 18.2 Å². The van der Waals surface area contributed by atoms with Crippen LogP contribution in [0.2, 0.25) is 5.02 Å². The molecule has 100 valence electrons. The zero-order chi connectivity index (χ0) is 13.0. The molecule has 1 fully saturated rings. The Hall–Kier alpha value is -0.160. The molecule has 2 nitrogen and oxygen atoms in total. The highest BCUT2D eigenvalue weighted by Gasteiger charge is 2.23. The van der Waals surface area contributed by atoms with Crippen molar-refractivity contribution in [3.8, 4) is 0 Å². The molecule has 1 aliphatic heterocycles. The zero-order valence-corrected chi connectivity index (χ0v) is 12.5. The van der Waals surface area contributed by atoms with Gasteiger partial charge in [-0.25, -0.2) is 0 Å². The average molecular weight is 336 g/mol. The molecule has 0 saturated carbocycles. The first kappa shape index (κ1) is 14.3. The maximum absolute atomic E-state index is 12.8. The highest BCUT2D eigenvalue weighted by molar-refractivity contribution is 9.10. The van der Waals surface area contributed by atoms with Gasteiger partial charge in [-0.15, -0.1) is 0 Å². The molecule has 1 heterocycles. The van der Waals surface area contributed by atoms with Gasteiger partial charge in [-0.1, -0.05) is 33.6 Å². The van der Waals surface area contributed by atoms with Crippen LogP contribution in [0, 0.1) is 0 Å². The van der Waals surface area contributed by atoms with Gasteiger partial charge in [0.1, 0.15) is 0 Å². The van der Waals surface area contributed by atoms with E-state index in [1.54, 1.807) is 0 Å². The summed E-state index contributed by atoms with van der Waals surface area (Å²) in [5.74, 6) is 0. The molecular formula is C13H17BrClFN2. The molecule has 1 saturated heterocycles. The van der Waals surface area contributed by atoms with Crippen LogP contribution in [0.25, 0.3) is 0 Å². The summed E-state index contributed by atoms with van der Waals surface area (Å²) >= 11 is 9.49. The number of benzene rings is 1. The first-order valence-electron chi connectivity index (χ1n) is 6.18. The lowest BCUT2D eigenvalue weighted by Gasteiger charge is -2.35. The smallest absolute Gasteiger partial charge is 0.0912 e. The molecule has 0 radical (unpaired) electrons. The van der Waals surface area contributed by atoms with Gasteiger partial charge in [-0.3, -0.25) is 9.29 Å². The standard InChI is InChI=1S/C13H17BrClFN2/c14-12-9-10(15)1-2-11(12)13(3-4-16)18-7-5-17-6-8-18/h1-2,9,13,17H,3-8H2/t13-/m0/s1. The Morgan fingerprint density at radius 1 is 1.39 bits per heavy atom. The number of nitrogens with one attached hydrogen (secondary N) is 1. The van der Waals surface area contributed by atoms with Gasteiger partial charge in [0, 0.05) is 41.7 Å². The van der Waals surface area contributed by atoms with Gasteiger partial charge in [-0.05, 0) is 24.1 Å². The Bertz CT molecular complexity index is 397. The van der Waals surface area contributed by atoms with Crippen LogP contribution < -0.4 is 5.32 Å². The summed E-state index contributed by atoms with van der Waals surface area (Å²) < 4.78 is 13.8. The normalized spacial score (nSPS) is 18.8. The number of rotatable bonds is 4. The first-order chi connectivity index (χ1) is 8.72. The molecular weight excluding hydrogens is 319 g/mol. The molecule has 1 N–H and O–H groups in total. The highest BCUT2D eigenvalue weighted by atomic mass is 79.9. The van der Waals surface area contributed by atoms with E-state index in [1.165, 1.54) is 0 Å². The monoisotopic (exact) mass is 334 g/mol. The quantitative estimate of drug-likeness (QED) is 0.907. The van der Waals surface area contributed by atoms with Crippen molar-refractivity contribution in [2.24, 2.45) is 0 Å². The van der Waals surface area contributed by atoms with Crippen molar-refractivity contribution < 1.29 is 4.39 Å². The summed E-state index contributed by atoms with van der Waals surface area (Å²) in [6, 6.07) is 5.87. The number of piperazine rings is 1. The number of halogens is 3. The van der Waals surface area contributed by atoms with E-state index in [-0.39, 0.29) is 12.7 Å². The minimum absolute atomic E-state index is 0.128. The molecule has 5 heteroatoms. The average Bonchev–Trinajstić information content (AvgIpc) is 2.38. The van der Waals surface area contributed by atoms with Crippen LogP contribution in [-0.2, 0) is 0 Å². The van der Waals surface area contributed by atoms with Gasteiger partial charge in [0.15, 0.2) is 0 Å². The van der Waals surface area contributed by atoms with Crippen molar-refractivity contribution in [2.75, 3.05) is 32.9 Å². The molecule has 0 bridgehead atoms. The third kappa shape index (κ3) is 3.44. The van der Waals surface area contributed by atoms with Crippen LogP contribution >= 0.6 is 27.5 Å². The molecule has 0 unspecified atom stereocenters. The summed E-state index contributed by atoms with van der Waals surface area (Å²) in [5.41, 5.74) is 1.12. The van der Waals surface area contributed by atoms with Crippen LogP contribution in [0.3, 0.4) is 0 Å². The molecule has 2 rings (SSSR count). The van der Waals surface area contributed by atoms with Crippen LogP contribution in [-0.4, -0.2) is 37.8 Å². The fraction of sp³-hybridized carbons (Fsp3) is 0.538. The number of nitrogens with zero attached hydrogens (tertiary/aromatic N) is 1. The highest BCUT2D eigenvalue weighted by Crippen LogP contribution is 2.32. The minimum atomic E-state index is -0.302. The maximum Gasteiger partial charge on any atom is 0.0912 e.